The molecule has 3 aromatic carbocycles. The molecule has 0 saturated heterocycles. The summed E-state index contributed by atoms with van der Waals surface area (Å²) in [6, 6.07) is 14.9. The maximum atomic E-state index is 13.2. The standard InChI is InChI=1S/C28H26Cl2N4O3/c1-3-34-25-9-8-21(16(2)27(25)31-32-34)23(14-26(35)36)18-5-4-17-10-11-33(15-19(17)12-18)28(37)22-7-6-20(29)13-24(22)30/h4-9,12-13,23H,3,10-11,14-15H2,1-2H3,(H,35,36). The first-order chi connectivity index (χ1) is 17.8. The topological polar surface area (TPSA) is 88.3 Å². The first-order valence-corrected chi connectivity index (χ1v) is 12.9. The van der Waals surface area contributed by atoms with Gasteiger partial charge in [0.2, 0.25) is 0 Å². The van der Waals surface area contributed by atoms with Crippen LogP contribution >= 0.6 is 23.2 Å². The van der Waals surface area contributed by atoms with Gasteiger partial charge in [0.25, 0.3) is 5.91 Å². The second-order valence-electron chi connectivity index (χ2n) is 9.33. The molecule has 0 radical (unpaired) electrons. The van der Waals surface area contributed by atoms with Crippen LogP contribution < -0.4 is 0 Å². The van der Waals surface area contributed by atoms with E-state index in [1.807, 2.05) is 42.8 Å². The number of aromatic nitrogens is 3. The molecule has 5 rings (SSSR count). The predicted molar refractivity (Wildman–Crippen MR) is 143 cm³/mol. The highest BCUT2D eigenvalue weighted by Crippen LogP contribution is 2.35. The molecule has 0 spiro atoms. The van der Waals surface area contributed by atoms with Gasteiger partial charge in [0, 0.05) is 30.6 Å². The fourth-order valence-electron chi connectivity index (χ4n) is 5.18. The molecule has 2 heterocycles. The third-order valence-corrected chi connectivity index (χ3v) is 7.68. The normalized spacial score (nSPS) is 14.0. The van der Waals surface area contributed by atoms with Crippen molar-refractivity contribution in [3.8, 4) is 0 Å². The first kappa shape index (κ1) is 25.2. The van der Waals surface area contributed by atoms with Crippen molar-refractivity contribution in [3.63, 3.8) is 0 Å². The van der Waals surface area contributed by atoms with Gasteiger partial charge in [-0.05, 0) is 72.4 Å². The van der Waals surface area contributed by atoms with Gasteiger partial charge in [-0.15, -0.1) is 5.10 Å². The highest BCUT2D eigenvalue weighted by Gasteiger charge is 2.27. The average molecular weight is 537 g/mol. The van der Waals surface area contributed by atoms with Gasteiger partial charge in [0.05, 0.1) is 22.5 Å². The fraction of sp³-hybridized carbons (Fsp3) is 0.286. The van der Waals surface area contributed by atoms with Gasteiger partial charge in [-0.2, -0.15) is 0 Å². The van der Waals surface area contributed by atoms with Crippen LogP contribution in [0.5, 0.6) is 0 Å². The van der Waals surface area contributed by atoms with Crippen LogP contribution in [0.1, 0.15) is 57.4 Å². The zero-order valence-electron chi connectivity index (χ0n) is 20.5. The van der Waals surface area contributed by atoms with E-state index in [0.717, 1.165) is 38.9 Å². The minimum atomic E-state index is -0.881. The number of carbonyl (C=O) groups is 2. The highest BCUT2D eigenvalue weighted by molar-refractivity contribution is 6.36. The third kappa shape index (κ3) is 4.81. The van der Waals surface area contributed by atoms with E-state index in [1.165, 1.54) is 0 Å². The van der Waals surface area contributed by atoms with Crippen molar-refractivity contribution in [2.75, 3.05) is 6.54 Å². The number of hydrogen-bond donors (Lipinski definition) is 1. The predicted octanol–water partition coefficient (Wildman–Crippen LogP) is 5.87. The van der Waals surface area contributed by atoms with Gasteiger partial charge in [-0.25, -0.2) is 4.68 Å². The van der Waals surface area contributed by atoms with Crippen LogP contribution in [0.2, 0.25) is 10.0 Å². The molecule has 7 nitrogen and oxygen atoms in total. The first-order valence-electron chi connectivity index (χ1n) is 12.2. The summed E-state index contributed by atoms with van der Waals surface area (Å²) < 4.78 is 1.83. The molecule has 1 N–H and O–H groups in total. The number of nitrogens with zero attached hydrogens (tertiary/aromatic N) is 4. The van der Waals surface area contributed by atoms with Crippen molar-refractivity contribution < 1.29 is 14.7 Å². The van der Waals surface area contributed by atoms with Crippen molar-refractivity contribution in [1.82, 2.24) is 19.9 Å². The largest absolute Gasteiger partial charge is 0.481 e. The molecule has 1 aliphatic rings. The second kappa shape index (κ2) is 10.1. The lowest BCUT2D eigenvalue weighted by Crippen LogP contribution is -2.36. The van der Waals surface area contributed by atoms with Gasteiger partial charge < -0.3 is 10.0 Å². The van der Waals surface area contributed by atoms with Gasteiger partial charge in [-0.3, -0.25) is 9.59 Å². The van der Waals surface area contributed by atoms with Gasteiger partial charge >= 0.3 is 5.97 Å². The summed E-state index contributed by atoms with van der Waals surface area (Å²) >= 11 is 12.3. The van der Waals surface area contributed by atoms with Gasteiger partial charge in [-0.1, -0.05) is 52.7 Å². The number of aryl methyl sites for hydroxylation is 2. The second-order valence-corrected chi connectivity index (χ2v) is 10.2. The molecule has 1 amide bonds. The summed E-state index contributed by atoms with van der Waals surface area (Å²) in [6.07, 6.45) is 0.650. The molecule has 0 saturated carbocycles. The van der Waals surface area contributed by atoms with Crippen LogP contribution in [-0.2, 0) is 24.3 Å². The van der Waals surface area contributed by atoms with Crippen molar-refractivity contribution in [3.05, 3.63) is 92.0 Å². The van der Waals surface area contributed by atoms with Crippen LogP contribution in [0.15, 0.2) is 48.5 Å². The molecule has 1 aliphatic heterocycles. The van der Waals surface area contributed by atoms with E-state index in [1.54, 1.807) is 23.1 Å². The Hall–Kier alpha value is -3.42. The highest BCUT2D eigenvalue weighted by atomic mass is 35.5. The maximum Gasteiger partial charge on any atom is 0.304 e. The number of fused-ring (bicyclic) bond motifs is 2. The summed E-state index contributed by atoms with van der Waals surface area (Å²) in [5.74, 6) is -1.40. The van der Waals surface area contributed by atoms with Crippen LogP contribution in [0.4, 0.5) is 0 Å². The number of rotatable bonds is 6. The fourth-order valence-corrected chi connectivity index (χ4v) is 5.67. The van der Waals surface area contributed by atoms with Crippen LogP contribution in [0, 0.1) is 6.92 Å². The Morgan fingerprint density at radius 3 is 2.62 bits per heavy atom. The molecule has 0 fully saturated rings. The molecule has 37 heavy (non-hydrogen) atoms. The summed E-state index contributed by atoms with van der Waals surface area (Å²) in [5, 5.41) is 19.1. The zero-order valence-corrected chi connectivity index (χ0v) is 22.1. The van der Waals surface area contributed by atoms with Crippen molar-refractivity contribution in [2.24, 2.45) is 0 Å². The number of carboxylic acids is 1. The Balaban J connectivity index is 1.49. The molecule has 0 bridgehead atoms. The van der Waals surface area contributed by atoms with Crippen molar-refractivity contribution in [1.29, 1.82) is 0 Å². The summed E-state index contributed by atoms with van der Waals surface area (Å²) in [7, 11) is 0. The van der Waals surface area contributed by atoms with E-state index in [9.17, 15) is 14.7 Å². The van der Waals surface area contributed by atoms with Crippen molar-refractivity contribution in [2.45, 2.75) is 45.7 Å². The number of halogens is 2. The maximum absolute atomic E-state index is 13.2. The Kier molecular flexibility index (Phi) is 6.92. The SMILES string of the molecule is CCn1nnc2c(C)c(C(CC(=O)O)c3ccc4c(c3)CN(C(=O)c3ccc(Cl)cc3Cl)CC4)ccc21. The van der Waals surface area contributed by atoms with E-state index in [4.69, 9.17) is 23.2 Å². The molecule has 9 heteroatoms. The van der Waals surface area contributed by atoms with Crippen LogP contribution in [0.3, 0.4) is 0 Å². The number of aliphatic carboxylic acids is 1. The lowest BCUT2D eigenvalue weighted by molar-refractivity contribution is -0.137. The number of amides is 1. The molecular formula is C28H26Cl2N4O3. The smallest absolute Gasteiger partial charge is 0.304 e. The van der Waals surface area contributed by atoms with E-state index < -0.39 is 5.97 Å². The molecule has 4 aromatic rings. The minimum absolute atomic E-state index is 0.0594. The van der Waals surface area contributed by atoms with E-state index in [0.29, 0.717) is 41.7 Å². The number of hydrogen-bond acceptors (Lipinski definition) is 4. The molecule has 1 unspecified atom stereocenters. The quantitative estimate of drug-likeness (QED) is 0.332. The van der Waals surface area contributed by atoms with Crippen LogP contribution in [0.25, 0.3) is 11.0 Å². The van der Waals surface area contributed by atoms with Gasteiger partial charge in [0.15, 0.2) is 0 Å². The van der Waals surface area contributed by atoms with Gasteiger partial charge in [0.1, 0.15) is 5.52 Å². The van der Waals surface area contributed by atoms with E-state index in [2.05, 4.69) is 16.4 Å². The van der Waals surface area contributed by atoms with E-state index in [-0.39, 0.29) is 18.2 Å². The molecule has 0 aliphatic carbocycles. The number of benzene rings is 3. The molecule has 190 valence electrons. The Bertz CT molecular complexity index is 1530. The summed E-state index contributed by atoms with van der Waals surface area (Å²) in [4.78, 5) is 26.9. The number of carbonyl (C=O) groups excluding carboxylic acids is 1. The number of carboxylic acid groups (broad SMARTS) is 1. The monoisotopic (exact) mass is 536 g/mol. The average Bonchev–Trinajstić information content (AvgIpc) is 3.31. The summed E-state index contributed by atoms with van der Waals surface area (Å²) in [6.45, 7) is 5.67. The van der Waals surface area contributed by atoms with Crippen LogP contribution in [-0.4, -0.2) is 43.4 Å². The minimum Gasteiger partial charge on any atom is -0.481 e. The molecule has 1 aromatic heterocycles. The third-order valence-electron chi connectivity index (χ3n) is 7.13. The zero-order chi connectivity index (χ0) is 26.3. The lowest BCUT2D eigenvalue weighted by atomic mass is 9.83. The Morgan fingerprint density at radius 1 is 1.08 bits per heavy atom. The summed E-state index contributed by atoms with van der Waals surface area (Å²) in [5.41, 5.74) is 7.02. The Morgan fingerprint density at radius 2 is 1.89 bits per heavy atom. The molecular weight excluding hydrogens is 511 g/mol. The lowest BCUT2D eigenvalue weighted by Gasteiger charge is -2.30. The Labute approximate surface area is 224 Å². The molecule has 1 atom stereocenters. The van der Waals surface area contributed by atoms with E-state index >= 15 is 0 Å². The van der Waals surface area contributed by atoms with Crippen molar-refractivity contribution >= 4 is 46.1 Å².